The minimum absolute atomic E-state index is 0.115. The second-order valence-corrected chi connectivity index (χ2v) is 8.99. The van der Waals surface area contributed by atoms with E-state index in [0.29, 0.717) is 43.6 Å². The number of hydrogen-bond acceptors (Lipinski definition) is 11. The van der Waals surface area contributed by atoms with E-state index in [0.717, 1.165) is 11.1 Å². The molecule has 1 amide bonds. The van der Waals surface area contributed by atoms with Crippen LogP contribution in [0.1, 0.15) is 11.3 Å². The molecular formula is C25H21FN6O5S. The average molecular weight is 537 g/mol. The minimum Gasteiger partial charge on any atom is -0.480 e. The first-order chi connectivity index (χ1) is 18.4. The topological polar surface area (TPSA) is 141 Å². The van der Waals surface area contributed by atoms with Crippen molar-refractivity contribution in [1.29, 1.82) is 0 Å². The summed E-state index contributed by atoms with van der Waals surface area (Å²) >= 11 is 1.27. The van der Waals surface area contributed by atoms with Crippen LogP contribution in [0.4, 0.5) is 14.9 Å². The second kappa shape index (κ2) is 10.9. The number of ether oxygens (including phenoxy) is 3. The lowest BCUT2D eigenvalue weighted by atomic mass is 10.1. The summed E-state index contributed by atoms with van der Waals surface area (Å²) in [5.74, 6) is -0.509. The van der Waals surface area contributed by atoms with Gasteiger partial charge in [0, 0.05) is 11.6 Å². The highest BCUT2D eigenvalue weighted by Gasteiger charge is 2.17. The normalized spacial score (nSPS) is 11.1. The van der Waals surface area contributed by atoms with Gasteiger partial charge < -0.3 is 19.3 Å². The van der Waals surface area contributed by atoms with Gasteiger partial charge in [0.25, 0.3) is 5.88 Å². The van der Waals surface area contributed by atoms with Crippen molar-refractivity contribution < 1.29 is 28.5 Å². The van der Waals surface area contributed by atoms with Crippen LogP contribution in [0, 0.1) is 12.7 Å². The highest BCUT2D eigenvalue weighted by Crippen LogP contribution is 2.35. The third-order valence-corrected chi connectivity index (χ3v) is 6.30. The number of carbonyl (C=O) groups is 1. The van der Waals surface area contributed by atoms with Gasteiger partial charge in [0.1, 0.15) is 28.6 Å². The lowest BCUT2D eigenvalue weighted by Crippen LogP contribution is -2.18. The zero-order valence-corrected chi connectivity index (χ0v) is 21.1. The Balaban J connectivity index is 1.27. The number of halogens is 1. The Morgan fingerprint density at radius 1 is 1.08 bits per heavy atom. The first-order valence-corrected chi connectivity index (χ1v) is 12.2. The summed E-state index contributed by atoms with van der Waals surface area (Å²) in [6.45, 7) is 1.48. The third kappa shape index (κ3) is 5.43. The van der Waals surface area contributed by atoms with Crippen LogP contribution in [0.3, 0.4) is 0 Å². The van der Waals surface area contributed by atoms with E-state index in [2.05, 4.69) is 30.2 Å². The number of rotatable bonds is 8. The molecule has 38 heavy (non-hydrogen) atoms. The smallest absolute Gasteiger partial charge is 0.411 e. The molecule has 194 valence electrons. The van der Waals surface area contributed by atoms with E-state index >= 15 is 0 Å². The molecule has 0 unspecified atom stereocenters. The first kappa shape index (κ1) is 25.2. The summed E-state index contributed by atoms with van der Waals surface area (Å²) < 4.78 is 30.3. The van der Waals surface area contributed by atoms with E-state index in [1.165, 1.54) is 36.9 Å². The molecule has 0 saturated heterocycles. The maximum absolute atomic E-state index is 14.7. The van der Waals surface area contributed by atoms with Gasteiger partial charge >= 0.3 is 6.09 Å². The predicted octanol–water partition coefficient (Wildman–Crippen LogP) is 4.27. The Kier molecular flexibility index (Phi) is 7.20. The molecule has 0 fully saturated rings. The van der Waals surface area contributed by atoms with Crippen LogP contribution in [0.25, 0.3) is 32.0 Å². The molecule has 5 aromatic rings. The van der Waals surface area contributed by atoms with Crippen LogP contribution in [0.15, 0.2) is 42.7 Å². The number of aliphatic hydroxyl groups excluding tert-OH is 1. The number of fused-ring (bicyclic) bond motifs is 2. The number of aryl methyl sites for hydroxylation is 1. The standard InChI is InChI=1S/C25H21FN6O5S/c1-13-7-16(21-18(8-13)30-20(35-2)11-28-21)23-31-19-9-17(26)22(32-24(19)38-23)36-5-6-37-25(34)29-14-3-4-15(12-33)27-10-14/h3-4,7-11,33H,5-6,12H2,1-2H3,(H,29,34). The molecule has 2 N–H and O–H groups in total. The number of nitrogens with zero attached hydrogens (tertiary/aromatic N) is 5. The molecule has 4 heterocycles. The summed E-state index contributed by atoms with van der Waals surface area (Å²) in [5.41, 5.74) is 4.26. The fourth-order valence-electron chi connectivity index (χ4n) is 3.57. The number of amides is 1. The van der Waals surface area contributed by atoms with Crippen LogP contribution in [-0.4, -0.2) is 56.4 Å². The maximum Gasteiger partial charge on any atom is 0.411 e. The van der Waals surface area contributed by atoms with E-state index in [9.17, 15) is 9.18 Å². The number of pyridine rings is 2. The van der Waals surface area contributed by atoms with Crippen molar-refractivity contribution in [2.75, 3.05) is 25.6 Å². The number of hydrogen-bond donors (Lipinski definition) is 2. The summed E-state index contributed by atoms with van der Waals surface area (Å²) in [6.07, 6.45) is 2.20. The van der Waals surface area contributed by atoms with Gasteiger partial charge in [-0.25, -0.2) is 24.1 Å². The van der Waals surface area contributed by atoms with Gasteiger partial charge in [0.15, 0.2) is 5.82 Å². The quantitative estimate of drug-likeness (QED) is 0.276. The van der Waals surface area contributed by atoms with Gasteiger partial charge in [-0.3, -0.25) is 10.3 Å². The van der Waals surface area contributed by atoms with Crippen molar-refractivity contribution >= 4 is 44.5 Å². The molecule has 0 radical (unpaired) electrons. The van der Waals surface area contributed by atoms with Gasteiger partial charge in [0.2, 0.25) is 5.88 Å². The number of aliphatic hydroxyl groups is 1. The van der Waals surface area contributed by atoms with Gasteiger partial charge in [-0.2, -0.15) is 4.98 Å². The van der Waals surface area contributed by atoms with E-state index in [1.807, 2.05) is 19.1 Å². The Morgan fingerprint density at radius 2 is 1.95 bits per heavy atom. The third-order valence-electron chi connectivity index (χ3n) is 5.30. The molecule has 0 bridgehead atoms. The second-order valence-electron chi connectivity index (χ2n) is 8.02. The van der Waals surface area contributed by atoms with E-state index in [-0.39, 0.29) is 25.7 Å². The first-order valence-electron chi connectivity index (χ1n) is 11.3. The number of methoxy groups -OCH3 is 1. The van der Waals surface area contributed by atoms with Crippen LogP contribution in [-0.2, 0) is 11.3 Å². The Bertz CT molecular complexity index is 1630. The van der Waals surface area contributed by atoms with Gasteiger partial charge in [0.05, 0.1) is 48.5 Å². The molecule has 1 aromatic carbocycles. The summed E-state index contributed by atoms with van der Waals surface area (Å²) in [4.78, 5) is 34.1. The molecule has 0 aliphatic carbocycles. The largest absolute Gasteiger partial charge is 0.480 e. The lowest BCUT2D eigenvalue weighted by molar-refractivity contribution is 0.135. The van der Waals surface area contributed by atoms with Gasteiger partial charge in [-0.05, 0) is 36.8 Å². The fourth-order valence-corrected chi connectivity index (χ4v) is 4.50. The maximum atomic E-state index is 14.7. The van der Waals surface area contributed by atoms with E-state index in [1.54, 1.807) is 12.1 Å². The minimum atomic E-state index is -0.728. The van der Waals surface area contributed by atoms with Crippen molar-refractivity contribution in [3.8, 4) is 22.3 Å². The molecule has 0 aliphatic rings. The lowest BCUT2D eigenvalue weighted by Gasteiger charge is -2.08. The predicted molar refractivity (Wildman–Crippen MR) is 138 cm³/mol. The molecule has 0 atom stereocenters. The fraction of sp³-hybridized carbons (Fsp3) is 0.200. The molecule has 5 rings (SSSR count). The van der Waals surface area contributed by atoms with Gasteiger partial charge in [-0.1, -0.05) is 11.3 Å². The Labute approximate surface area is 219 Å². The van der Waals surface area contributed by atoms with Crippen LogP contribution in [0.2, 0.25) is 0 Å². The van der Waals surface area contributed by atoms with Crippen molar-refractivity contribution in [3.05, 3.63) is 59.8 Å². The molecule has 13 heteroatoms. The average Bonchev–Trinajstić information content (AvgIpc) is 3.33. The summed E-state index contributed by atoms with van der Waals surface area (Å²) in [5, 5.41) is 12.1. The molecular weight excluding hydrogens is 515 g/mol. The number of anilines is 1. The molecule has 11 nitrogen and oxygen atoms in total. The van der Waals surface area contributed by atoms with Crippen LogP contribution >= 0.6 is 11.3 Å². The summed E-state index contributed by atoms with van der Waals surface area (Å²) in [6, 6.07) is 8.24. The highest BCUT2D eigenvalue weighted by atomic mass is 32.1. The molecule has 0 saturated carbocycles. The molecule has 0 aliphatic heterocycles. The van der Waals surface area contributed by atoms with Crippen molar-refractivity contribution in [2.45, 2.75) is 13.5 Å². The molecule has 4 aromatic heterocycles. The highest BCUT2D eigenvalue weighted by molar-refractivity contribution is 7.21. The molecule has 0 spiro atoms. The van der Waals surface area contributed by atoms with Crippen molar-refractivity contribution in [1.82, 2.24) is 24.9 Å². The van der Waals surface area contributed by atoms with Crippen molar-refractivity contribution in [3.63, 3.8) is 0 Å². The van der Waals surface area contributed by atoms with E-state index in [4.69, 9.17) is 19.3 Å². The van der Waals surface area contributed by atoms with Gasteiger partial charge in [-0.15, -0.1) is 0 Å². The summed E-state index contributed by atoms with van der Waals surface area (Å²) in [7, 11) is 1.53. The number of aromatic nitrogens is 5. The van der Waals surface area contributed by atoms with Crippen LogP contribution in [0.5, 0.6) is 11.8 Å². The zero-order valence-electron chi connectivity index (χ0n) is 20.3. The Morgan fingerprint density at radius 3 is 2.71 bits per heavy atom. The zero-order chi connectivity index (χ0) is 26.6. The number of thiazole rings is 1. The van der Waals surface area contributed by atoms with Crippen LogP contribution < -0.4 is 14.8 Å². The number of nitrogens with one attached hydrogen (secondary N) is 1. The van der Waals surface area contributed by atoms with Crippen molar-refractivity contribution in [2.24, 2.45) is 0 Å². The number of carbonyl (C=O) groups excluding carboxylic acids is 1. The monoisotopic (exact) mass is 536 g/mol. The number of benzene rings is 1. The Hall–Kier alpha value is -4.49. The van der Waals surface area contributed by atoms with E-state index < -0.39 is 11.9 Å². The SMILES string of the molecule is COc1cnc2c(-c3nc4cc(F)c(OCCOC(=O)Nc5ccc(CO)nc5)nc4s3)cc(C)cc2n1.